The highest BCUT2D eigenvalue weighted by atomic mass is 32.2. The van der Waals surface area contributed by atoms with Gasteiger partial charge in [0.15, 0.2) is 15.6 Å². The highest BCUT2D eigenvalue weighted by molar-refractivity contribution is 7.90. The molecule has 0 saturated carbocycles. The first-order valence-corrected chi connectivity index (χ1v) is 14.2. The summed E-state index contributed by atoms with van der Waals surface area (Å²) in [6.07, 6.45) is 3.45. The fourth-order valence-corrected chi connectivity index (χ4v) is 5.50. The molecule has 10 heteroatoms. The normalized spacial score (nSPS) is 12.0. The van der Waals surface area contributed by atoms with Crippen LogP contribution in [0.5, 0.6) is 5.88 Å². The minimum absolute atomic E-state index is 0.0131. The molecule has 2 rings (SSSR count). The number of aryl methyl sites for hydroxylation is 1. The monoisotopic (exact) mass is 496 g/mol. The Balaban J connectivity index is 2.75. The number of allylic oxidation sites excluding steroid dienone is 2. The largest absolute Gasteiger partial charge is 0.361 e. The molecular formula is C23H32N2O6S2. The second-order valence-corrected chi connectivity index (χ2v) is 11.9. The third kappa shape index (κ3) is 5.92. The molecule has 2 aromatic rings. The molecule has 8 nitrogen and oxygen atoms in total. The van der Waals surface area contributed by atoms with E-state index in [9.17, 15) is 21.6 Å². The molecule has 0 N–H and O–H groups in total. The average Bonchev–Trinajstić information content (AvgIpc) is 3.07. The average molecular weight is 497 g/mol. The molecule has 0 bridgehead atoms. The lowest BCUT2D eigenvalue weighted by molar-refractivity contribution is 0.103. The van der Waals surface area contributed by atoms with Crippen molar-refractivity contribution in [2.75, 3.05) is 12.0 Å². The lowest BCUT2D eigenvalue weighted by Crippen LogP contribution is -2.18. The quantitative estimate of drug-likeness (QED) is 0.358. The van der Waals surface area contributed by atoms with Crippen molar-refractivity contribution in [2.24, 2.45) is 0 Å². The van der Waals surface area contributed by atoms with Crippen LogP contribution in [0.4, 0.5) is 0 Å². The van der Waals surface area contributed by atoms with Crippen LogP contribution in [0, 0.1) is 6.92 Å². The predicted molar refractivity (Wildman–Crippen MR) is 129 cm³/mol. The molecule has 1 aromatic carbocycles. The van der Waals surface area contributed by atoms with E-state index in [0.717, 1.165) is 17.4 Å². The molecule has 0 radical (unpaired) electrons. The zero-order chi connectivity index (χ0) is 25.1. The summed E-state index contributed by atoms with van der Waals surface area (Å²) in [5.74, 6) is -0.800. The van der Waals surface area contributed by atoms with Gasteiger partial charge in [0.05, 0.1) is 16.8 Å². The van der Waals surface area contributed by atoms with Gasteiger partial charge in [-0.25, -0.2) is 13.1 Å². The molecule has 0 spiro atoms. The van der Waals surface area contributed by atoms with Gasteiger partial charge in [-0.2, -0.15) is 13.5 Å². The summed E-state index contributed by atoms with van der Waals surface area (Å²) in [5, 5.41) is 4.17. The van der Waals surface area contributed by atoms with Crippen LogP contribution >= 0.6 is 0 Å². The van der Waals surface area contributed by atoms with E-state index in [2.05, 4.69) is 5.10 Å². The molecule has 0 amide bonds. The van der Waals surface area contributed by atoms with E-state index in [1.165, 1.54) is 23.0 Å². The number of rotatable bonds is 10. The number of benzene rings is 1. The molecule has 0 unspecified atom stereocenters. The number of carbonyl (C=O) groups excluding carboxylic acids is 1. The van der Waals surface area contributed by atoms with Gasteiger partial charge in [0.2, 0.25) is 5.88 Å². The SMILES string of the molecule is CCCn1ncc(C(=O)c2ccc(S(C)(=O)=O)c(C(C)=C(C)C)c2C)c1OS(=O)(=O)CCC. The van der Waals surface area contributed by atoms with E-state index in [1.807, 2.05) is 27.7 Å². The molecule has 0 atom stereocenters. The molecule has 182 valence electrons. The number of ketones is 1. The zero-order valence-corrected chi connectivity index (χ0v) is 21.9. The first kappa shape index (κ1) is 26.8. The highest BCUT2D eigenvalue weighted by Gasteiger charge is 2.28. The van der Waals surface area contributed by atoms with Gasteiger partial charge in [0.25, 0.3) is 0 Å². The van der Waals surface area contributed by atoms with E-state index >= 15 is 0 Å². The minimum atomic E-state index is -3.90. The van der Waals surface area contributed by atoms with Crippen LogP contribution in [-0.2, 0) is 26.5 Å². The van der Waals surface area contributed by atoms with Crippen LogP contribution in [0.25, 0.3) is 5.57 Å². The molecule has 0 aliphatic carbocycles. The number of hydrogen-bond donors (Lipinski definition) is 0. The Kier molecular flexibility index (Phi) is 8.29. The Hall–Kier alpha value is -2.46. The Labute approximate surface area is 196 Å². The number of carbonyl (C=O) groups is 1. The Morgan fingerprint density at radius 3 is 2.18 bits per heavy atom. The van der Waals surface area contributed by atoms with Crippen molar-refractivity contribution in [3.8, 4) is 5.88 Å². The van der Waals surface area contributed by atoms with Crippen molar-refractivity contribution in [2.45, 2.75) is 65.8 Å². The van der Waals surface area contributed by atoms with Gasteiger partial charge in [0, 0.05) is 18.4 Å². The first-order chi connectivity index (χ1) is 15.2. The maximum Gasteiger partial charge on any atom is 0.310 e. The van der Waals surface area contributed by atoms with Gasteiger partial charge >= 0.3 is 10.1 Å². The second kappa shape index (κ2) is 10.2. The van der Waals surface area contributed by atoms with Gasteiger partial charge in [-0.3, -0.25) is 4.79 Å². The predicted octanol–water partition coefficient (Wildman–Crippen LogP) is 4.17. The molecule has 0 fully saturated rings. The van der Waals surface area contributed by atoms with Gasteiger partial charge in [-0.05, 0) is 69.4 Å². The van der Waals surface area contributed by atoms with Crippen molar-refractivity contribution in [3.05, 3.63) is 46.2 Å². The lowest BCUT2D eigenvalue weighted by Gasteiger charge is -2.17. The Bertz CT molecular complexity index is 1300. The van der Waals surface area contributed by atoms with Crippen LogP contribution in [0.2, 0.25) is 0 Å². The van der Waals surface area contributed by atoms with Gasteiger partial charge < -0.3 is 4.18 Å². The molecule has 0 aliphatic rings. The van der Waals surface area contributed by atoms with E-state index in [0.29, 0.717) is 30.5 Å². The van der Waals surface area contributed by atoms with Crippen LogP contribution in [0.3, 0.4) is 0 Å². The van der Waals surface area contributed by atoms with Crippen molar-refractivity contribution < 1.29 is 25.8 Å². The van der Waals surface area contributed by atoms with Crippen LogP contribution < -0.4 is 4.18 Å². The van der Waals surface area contributed by atoms with Crippen molar-refractivity contribution in [1.82, 2.24) is 9.78 Å². The topological polar surface area (TPSA) is 112 Å². The number of nitrogens with zero attached hydrogens (tertiary/aromatic N) is 2. The molecule has 33 heavy (non-hydrogen) atoms. The van der Waals surface area contributed by atoms with Crippen molar-refractivity contribution in [3.63, 3.8) is 0 Å². The maximum atomic E-state index is 13.6. The van der Waals surface area contributed by atoms with E-state index in [4.69, 9.17) is 4.18 Å². The third-order valence-electron chi connectivity index (χ3n) is 5.33. The summed E-state index contributed by atoms with van der Waals surface area (Å²) in [7, 11) is -7.45. The molecule has 0 aliphatic heterocycles. The zero-order valence-electron chi connectivity index (χ0n) is 20.2. The van der Waals surface area contributed by atoms with Crippen LogP contribution in [-0.4, -0.2) is 44.4 Å². The van der Waals surface area contributed by atoms with E-state index < -0.39 is 25.7 Å². The lowest BCUT2D eigenvalue weighted by atomic mass is 9.91. The van der Waals surface area contributed by atoms with Gasteiger partial charge in [-0.1, -0.05) is 19.4 Å². The van der Waals surface area contributed by atoms with Crippen LogP contribution in [0.15, 0.2) is 28.8 Å². The maximum absolute atomic E-state index is 13.6. The summed E-state index contributed by atoms with van der Waals surface area (Å²) < 4.78 is 56.2. The summed E-state index contributed by atoms with van der Waals surface area (Å²) in [5.41, 5.74) is 2.91. The second-order valence-electron chi connectivity index (χ2n) is 8.27. The van der Waals surface area contributed by atoms with E-state index in [1.54, 1.807) is 13.8 Å². The minimum Gasteiger partial charge on any atom is -0.361 e. The molecular weight excluding hydrogens is 464 g/mol. The van der Waals surface area contributed by atoms with Gasteiger partial charge in [-0.15, -0.1) is 0 Å². The fourth-order valence-electron chi connectivity index (χ4n) is 3.50. The molecule has 0 saturated heterocycles. The highest BCUT2D eigenvalue weighted by Crippen LogP contribution is 2.33. The van der Waals surface area contributed by atoms with E-state index in [-0.39, 0.29) is 27.7 Å². The Morgan fingerprint density at radius 1 is 1.03 bits per heavy atom. The van der Waals surface area contributed by atoms with Crippen LogP contribution in [0.1, 0.15) is 74.5 Å². The van der Waals surface area contributed by atoms with Crippen molar-refractivity contribution in [1.29, 1.82) is 0 Å². The fraction of sp³-hybridized carbons (Fsp3) is 0.478. The standard InChI is InChI=1S/C23H32N2O6S2/c1-8-12-25-23(31-33(29,30)13-9-2)19(14-24-25)22(26)18-10-11-20(32(7,27)28)21(17(18)6)16(5)15(3)4/h10-11,14H,8-9,12-13H2,1-7H3. The van der Waals surface area contributed by atoms with Crippen molar-refractivity contribution >= 4 is 31.3 Å². The summed E-state index contributed by atoms with van der Waals surface area (Å²) in [6.45, 7) is 11.2. The molecule has 1 aromatic heterocycles. The first-order valence-electron chi connectivity index (χ1n) is 10.8. The number of hydrogen-bond acceptors (Lipinski definition) is 7. The summed E-state index contributed by atoms with van der Waals surface area (Å²) in [4.78, 5) is 13.7. The Morgan fingerprint density at radius 2 is 1.67 bits per heavy atom. The third-order valence-corrected chi connectivity index (χ3v) is 7.79. The summed E-state index contributed by atoms with van der Waals surface area (Å²) in [6, 6.07) is 2.87. The molecule has 1 heterocycles. The summed E-state index contributed by atoms with van der Waals surface area (Å²) >= 11 is 0. The number of aromatic nitrogens is 2. The van der Waals surface area contributed by atoms with Gasteiger partial charge in [0.1, 0.15) is 5.56 Å². The smallest absolute Gasteiger partial charge is 0.310 e. The number of sulfone groups is 1.